The molecule has 0 radical (unpaired) electrons. The fourth-order valence-electron chi connectivity index (χ4n) is 2.67. The molecule has 1 aromatic carbocycles. The molecule has 106 valence electrons. The van der Waals surface area contributed by atoms with Crippen molar-refractivity contribution in [2.45, 2.75) is 18.8 Å². The predicted octanol–water partition coefficient (Wildman–Crippen LogP) is 0.969. The fourth-order valence-corrected chi connectivity index (χ4v) is 2.67. The van der Waals surface area contributed by atoms with Crippen LogP contribution in [0, 0.1) is 11.3 Å². The second-order valence-electron chi connectivity index (χ2n) is 4.97. The molecule has 0 saturated heterocycles. The molecule has 5 nitrogen and oxygen atoms in total. The van der Waals surface area contributed by atoms with Gasteiger partial charge < -0.3 is 16.0 Å². The minimum atomic E-state index is -0.0385. The van der Waals surface area contributed by atoms with E-state index >= 15 is 0 Å². The van der Waals surface area contributed by atoms with E-state index in [2.05, 4.69) is 22.3 Å². The molecule has 1 heterocycles. The second-order valence-corrected chi connectivity index (χ2v) is 4.97. The number of anilines is 1. The van der Waals surface area contributed by atoms with Gasteiger partial charge in [0.15, 0.2) is 0 Å². The van der Waals surface area contributed by atoms with E-state index in [0.29, 0.717) is 32.0 Å². The van der Waals surface area contributed by atoms with E-state index in [-0.39, 0.29) is 5.91 Å². The Kier molecular flexibility index (Phi) is 4.97. The minimum absolute atomic E-state index is 0.0385. The molecule has 1 atom stereocenters. The second kappa shape index (κ2) is 6.92. The lowest BCUT2D eigenvalue weighted by atomic mass is 9.98. The number of hydrogen-bond donors (Lipinski definition) is 2. The van der Waals surface area contributed by atoms with Crippen LogP contribution >= 0.6 is 0 Å². The smallest absolute Gasteiger partial charge is 0.239 e. The van der Waals surface area contributed by atoms with Gasteiger partial charge in [-0.15, -0.1) is 0 Å². The number of carbonyl (C=O) groups excluding carboxylic acids is 1. The normalized spacial score (nSPS) is 16.6. The van der Waals surface area contributed by atoms with Crippen LogP contribution in [0.5, 0.6) is 0 Å². The molecule has 20 heavy (non-hydrogen) atoms. The summed E-state index contributed by atoms with van der Waals surface area (Å²) in [5.74, 6) is 0.367. The lowest BCUT2D eigenvalue weighted by Crippen LogP contribution is -2.37. The van der Waals surface area contributed by atoms with Crippen LogP contribution in [0.3, 0.4) is 0 Å². The van der Waals surface area contributed by atoms with Gasteiger partial charge in [0.2, 0.25) is 5.91 Å². The van der Waals surface area contributed by atoms with Crippen LogP contribution in [-0.4, -0.2) is 32.1 Å². The fraction of sp³-hybridized carbons (Fsp3) is 0.467. The van der Waals surface area contributed by atoms with Gasteiger partial charge in [0.25, 0.3) is 0 Å². The molecule has 1 aliphatic rings. The molecule has 0 spiro atoms. The largest absolute Gasteiger partial charge is 0.361 e. The molecule has 0 aliphatic carbocycles. The van der Waals surface area contributed by atoms with E-state index in [1.807, 2.05) is 18.2 Å². The summed E-state index contributed by atoms with van der Waals surface area (Å²) < 4.78 is 0. The Bertz CT molecular complexity index is 509. The molecule has 5 heteroatoms. The van der Waals surface area contributed by atoms with Gasteiger partial charge in [0.1, 0.15) is 0 Å². The Labute approximate surface area is 119 Å². The number of fused-ring (bicyclic) bond motifs is 1. The Hall–Kier alpha value is -2.06. The van der Waals surface area contributed by atoms with Crippen molar-refractivity contribution in [2.24, 2.45) is 5.73 Å². The maximum atomic E-state index is 11.9. The summed E-state index contributed by atoms with van der Waals surface area (Å²) in [6.45, 7) is 2.24. The van der Waals surface area contributed by atoms with Crippen LogP contribution in [-0.2, 0) is 4.79 Å². The molecular weight excluding hydrogens is 252 g/mol. The molecule has 0 aromatic heterocycles. The summed E-state index contributed by atoms with van der Waals surface area (Å²) in [5.41, 5.74) is 8.07. The Morgan fingerprint density at radius 2 is 2.30 bits per heavy atom. The number of nitrogens with one attached hydrogen (secondary N) is 1. The lowest BCUT2D eigenvalue weighted by Gasteiger charge is -2.19. The van der Waals surface area contributed by atoms with Crippen LogP contribution in [0.25, 0.3) is 0 Å². The first-order chi connectivity index (χ1) is 9.76. The van der Waals surface area contributed by atoms with Gasteiger partial charge in [-0.1, -0.05) is 18.2 Å². The maximum absolute atomic E-state index is 11.9. The third kappa shape index (κ3) is 3.28. The van der Waals surface area contributed by atoms with Gasteiger partial charge in [-0.2, -0.15) is 5.26 Å². The first-order valence-corrected chi connectivity index (χ1v) is 6.94. The molecule has 0 fully saturated rings. The number of para-hydroxylation sites is 1. The number of carbonyl (C=O) groups is 1. The molecule has 1 aliphatic heterocycles. The highest BCUT2D eigenvalue weighted by atomic mass is 16.2. The summed E-state index contributed by atoms with van der Waals surface area (Å²) in [6.07, 6.45) is 1.28. The Morgan fingerprint density at radius 1 is 1.50 bits per heavy atom. The third-order valence-electron chi connectivity index (χ3n) is 3.57. The molecule has 1 amide bonds. The van der Waals surface area contributed by atoms with E-state index in [9.17, 15) is 4.79 Å². The number of rotatable bonds is 6. The topological polar surface area (TPSA) is 82.2 Å². The van der Waals surface area contributed by atoms with Crippen molar-refractivity contribution >= 4 is 11.6 Å². The third-order valence-corrected chi connectivity index (χ3v) is 3.57. The van der Waals surface area contributed by atoms with Crippen LogP contribution in [0.1, 0.15) is 24.3 Å². The van der Waals surface area contributed by atoms with Crippen molar-refractivity contribution in [3.63, 3.8) is 0 Å². The molecule has 1 unspecified atom stereocenters. The zero-order chi connectivity index (χ0) is 14.4. The zero-order valence-electron chi connectivity index (χ0n) is 11.5. The van der Waals surface area contributed by atoms with E-state index < -0.39 is 0 Å². The molecule has 2 rings (SSSR count). The van der Waals surface area contributed by atoms with Gasteiger partial charge in [-0.25, -0.2) is 0 Å². The zero-order valence-corrected chi connectivity index (χ0v) is 11.5. The standard InChI is InChI=1S/C15H20N4O/c16-7-3-9-18-15(20)11-19-10-12(6-8-17)13-4-1-2-5-14(13)19/h1-2,4-5,12H,3,6,8-11,17H2,(H,18,20). The number of nitriles is 1. The van der Waals surface area contributed by atoms with E-state index in [4.69, 9.17) is 11.0 Å². The van der Waals surface area contributed by atoms with Crippen LogP contribution in [0.15, 0.2) is 24.3 Å². The van der Waals surface area contributed by atoms with Crippen LogP contribution in [0.2, 0.25) is 0 Å². The van der Waals surface area contributed by atoms with Crippen molar-refractivity contribution in [1.82, 2.24) is 5.32 Å². The maximum Gasteiger partial charge on any atom is 0.239 e. The average molecular weight is 272 g/mol. The highest BCUT2D eigenvalue weighted by Crippen LogP contribution is 2.37. The highest BCUT2D eigenvalue weighted by molar-refractivity contribution is 5.82. The number of nitrogens with zero attached hydrogens (tertiary/aromatic N) is 2. The number of benzene rings is 1. The number of nitrogens with two attached hydrogens (primary N) is 1. The molecule has 0 bridgehead atoms. The van der Waals surface area contributed by atoms with Gasteiger partial charge in [0.05, 0.1) is 19.0 Å². The van der Waals surface area contributed by atoms with E-state index in [1.54, 1.807) is 0 Å². The number of hydrogen-bond acceptors (Lipinski definition) is 4. The lowest BCUT2D eigenvalue weighted by molar-refractivity contribution is -0.119. The van der Waals surface area contributed by atoms with Gasteiger partial charge >= 0.3 is 0 Å². The Morgan fingerprint density at radius 3 is 3.05 bits per heavy atom. The first-order valence-electron chi connectivity index (χ1n) is 6.94. The summed E-state index contributed by atoms with van der Waals surface area (Å²) in [7, 11) is 0. The van der Waals surface area contributed by atoms with Crippen molar-refractivity contribution in [3.05, 3.63) is 29.8 Å². The molecule has 3 N–H and O–H groups in total. The SMILES string of the molecule is N#CCCNC(=O)CN1CC(CCN)c2ccccc21. The van der Waals surface area contributed by atoms with Gasteiger partial charge in [-0.05, 0) is 24.6 Å². The monoisotopic (exact) mass is 272 g/mol. The summed E-state index contributed by atoms with van der Waals surface area (Å²) in [4.78, 5) is 14.0. The van der Waals surface area contributed by atoms with Crippen molar-refractivity contribution in [2.75, 3.05) is 31.1 Å². The minimum Gasteiger partial charge on any atom is -0.361 e. The van der Waals surface area contributed by atoms with Crippen LogP contribution in [0.4, 0.5) is 5.69 Å². The highest BCUT2D eigenvalue weighted by Gasteiger charge is 2.28. The summed E-state index contributed by atoms with van der Waals surface area (Å²) in [6, 6.07) is 10.2. The van der Waals surface area contributed by atoms with Crippen molar-refractivity contribution in [3.8, 4) is 6.07 Å². The quantitative estimate of drug-likeness (QED) is 0.756. The van der Waals surface area contributed by atoms with Crippen molar-refractivity contribution in [1.29, 1.82) is 5.26 Å². The van der Waals surface area contributed by atoms with E-state index in [1.165, 1.54) is 5.56 Å². The first kappa shape index (κ1) is 14.4. The van der Waals surface area contributed by atoms with E-state index in [0.717, 1.165) is 18.7 Å². The van der Waals surface area contributed by atoms with Gasteiger partial charge in [0, 0.05) is 24.7 Å². The average Bonchev–Trinajstić information content (AvgIpc) is 2.78. The molecular formula is C15H20N4O. The molecule has 0 saturated carbocycles. The Balaban J connectivity index is 2.00. The van der Waals surface area contributed by atoms with Gasteiger partial charge in [-0.3, -0.25) is 4.79 Å². The predicted molar refractivity (Wildman–Crippen MR) is 78.3 cm³/mol. The summed E-state index contributed by atoms with van der Waals surface area (Å²) >= 11 is 0. The molecule has 1 aromatic rings. The van der Waals surface area contributed by atoms with Crippen molar-refractivity contribution < 1.29 is 4.79 Å². The van der Waals surface area contributed by atoms with Crippen LogP contribution < -0.4 is 16.0 Å². The number of amides is 1. The summed E-state index contributed by atoms with van der Waals surface area (Å²) in [5, 5.41) is 11.2.